The van der Waals surface area contributed by atoms with E-state index in [0.717, 1.165) is 10.0 Å². The van der Waals surface area contributed by atoms with Crippen LogP contribution in [-0.4, -0.2) is 29.5 Å². The number of nitrogens with one attached hydrogen (secondary N) is 1. The molecule has 7 nitrogen and oxygen atoms in total. The Hall–Kier alpha value is -2.40. The highest BCUT2D eigenvalue weighted by molar-refractivity contribution is 9.10. The van der Waals surface area contributed by atoms with Gasteiger partial charge < -0.3 is 14.6 Å². The maximum absolute atomic E-state index is 12.3. The number of carboxylic acids is 1. The fourth-order valence-electron chi connectivity index (χ4n) is 3.08. The molecule has 8 heteroatoms. The van der Waals surface area contributed by atoms with Gasteiger partial charge in [0.05, 0.1) is 12.7 Å². The number of nitriles is 1. The largest absolute Gasteiger partial charge is 0.481 e. The zero-order valence-electron chi connectivity index (χ0n) is 13.7. The summed E-state index contributed by atoms with van der Waals surface area (Å²) >= 11 is 3.42. The maximum Gasteiger partial charge on any atom is 0.324 e. The van der Waals surface area contributed by atoms with E-state index in [-0.39, 0.29) is 12.4 Å². The van der Waals surface area contributed by atoms with Crippen LogP contribution in [0.3, 0.4) is 0 Å². The normalized spacial score (nSPS) is 20.0. The van der Waals surface area contributed by atoms with Crippen LogP contribution in [0.5, 0.6) is 5.75 Å². The predicted molar refractivity (Wildman–Crippen MR) is 91.5 cm³/mol. The molecule has 2 rings (SSSR count). The molecule has 0 radical (unpaired) electrons. The Morgan fingerprint density at radius 3 is 2.68 bits per heavy atom. The van der Waals surface area contributed by atoms with Crippen molar-refractivity contribution in [2.75, 3.05) is 6.61 Å². The van der Waals surface area contributed by atoms with Gasteiger partial charge in [0.15, 0.2) is 5.92 Å². The number of halogens is 1. The summed E-state index contributed by atoms with van der Waals surface area (Å²) in [5, 5.41) is 27.1. The van der Waals surface area contributed by atoms with E-state index in [1.165, 1.54) is 0 Å². The number of carbonyl (C=O) groups is 2. The Morgan fingerprint density at radius 1 is 1.48 bits per heavy atom. The van der Waals surface area contributed by atoms with Crippen LogP contribution in [0.1, 0.15) is 30.9 Å². The summed E-state index contributed by atoms with van der Waals surface area (Å²) < 4.78 is 11.1. The number of ether oxygens (including phenoxy) is 2. The number of benzene rings is 1. The van der Waals surface area contributed by atoms with Crippen LogP contribution >= 0.6 is 15.9 Å². The fourth-order valence-corrected chi connectivity index (χ4v) is 3.70. The smallest absolute Gasteiger partial charge is 0.324 e. The Kier molecular flexibility index (Phi) is 5.80. The Balaban J connectivity index is 2.74. The number of hydrogen-bond donors (Lipinski definition) is 2. The quantitative estimate of drug-likeness (QED) is 0.722. The number of nitrogens with zero attached hydrogens (tertiary/aromatic N) is 1. The molecule has 2 N–H and O–H groups in total. The first-order valence-corrected chi connectivity index (χ1v) is 8.53. The van der Waals surface area contributed by atoms with Gasteiger partial charge in [-0.05, 0) is 31.0 Å². The average Bonchev–Trinajstić information content (AvgIpc) is 2.55. The topological polar surface area (TPSA) is 120 Å². The van der Waals surface area contributed by atoms with Crippen molar-refractivity contribution in [1.82, 2.24) is 0 Å². The maximum atomic E-state index is 12.3. The van der Waals surface area contributed by atoms with Crippen LogP contribution in [0.15, 0.2) is 16.6 Å². The molecule has 0 saturated carbocycles. The molecule has 0 bridgehead atoms. The summed E-state index contributed by atoms with van der Waals surface area (Å²) in [6.45, 7) is 3.55. The van der Waals surface area contributed by atoms with Crippen molar-refractivity contribution in [3.8, 4) is 11.8 Å². The average molecular weight is 409 g/mol. The minimum atomic E-state index is -1.44. The minimum absolute atomic E-state index is 0.0708. The number of carboxylic acid groups (broad SMARTS) is 1. The molecule has 25 heavy (non-hydrogen) atoms. The number of aliphatic carboxylic acids is 1. The first-order chi connectivity index (χ1) is 11.9. The van der Waals surface area contributed by atoms with E-state index in [9.17, 15) is 20.0 Å². The van der Waals surface area contributed by atoms with Crippen molar-refractivity contribution in [3.63, 3.8) is 0 Å². The molecule has 132 valence electrons. The van der Waals surface area contributed by atoms with Crippen molar-refractivity contribution < 1.29 is 24.2 Å². The minimum Gasteiger partial charge on any atom is -0.481 e. The Morgan fingerprint density at radius 2 is 2.16 bits per heavy atom. The van der Waals surface area contributed by atoms with Gasteiger partial charge in [0.25, 0.3) is 0 Å². The Bertz CT molecular complexity index is 771. The molecule has 1 aromatic rings. The van der Waals surface area contributed by atoms with Gasteiger partial charge in [-0.1, -0.05) is 22.9 Å². The second-order valence-corrected chi connectivity index (χ2v) is 6.31. The molecule has 0 aromatic heterocycles. The number of hydrogen-bond acceptors (Lipinski definition) is 6. The SMILES string of the molecule is CCOC(=O)C(C#N)C1c2c(ccc(Br)c2CC)OC(=N)C1C(=O)O. The van der Waals surface area contributed by atoms with Gasteiger partial charge in [0.1, 0.15) is 11.7 Å². The third kappa shape index (κ3) is 3.37. The van der Waals surface area contributed by atoms with Gasteiger partial charge in [-0.25, -0.2) is 0 Å². The van der Waals surface area contributed by atoms with E-state index in [1.54, 1.807) is 19.1 Å². The zero-order chi connectivity index (χ0) is 18.7. The molecular weight excluding hydrogens is 392 g/mol. The van der Waals surface area contributed by atoms with E-state index in [4.69, 9.17) is 14.9 Å². The van der Waals surface area contributed by atoms with E-state index in [1.807, 2.05) is 13.0 Å². The molecule has 0 spiro atoms. The number of fused-ring (bicyclic) bond motifs is 1. The van der Waals surface area contributed by atoms with E-state index in [0.29, 0.717) is 12.0 Å². The number of carbonyl (C=O) groups excluding carboxylic acids is 1. The monoisotopic (exact) mass is 408 g/mol. The van der Waals surface area contributed by atoms with Gasteiger partial charge in [-0.2, -0.15) is 5.26 Å². The van der Waals surface area contributed by atoms with Crippen molar-refractivity contribution in [2.45, 2.75) is 26.2 Å². The second kappa shape index (κ2) is 7.66. The van der Waals surface area contributed by atoms with E-state index in [2.05, 4.69) is 15.9 Å². The molecule has 1 aliphatic rings. The molecule has 0 saturated heterocycles. The van der Waals surface area contributed by atoms with Gasteiger partial charge in [0.2, 0.25) is 5.90 Å². The molecule has 0 amide bonds. The zero-order valence-corrected chi connectivity index (χ0v) is 15.3. The first kappa shape index (κ1) is 18.9. The van der Waals surface area contributed by atoms with Gasteiger partial charge >= 0.3 is 11.9 Å². The van der Waals surface area contributed by atoms with Gasteiger partial charge in [-0.15, -0.1) is 0 Å². The molecule has 1 heterocycles. The van der Waals surface area contributed by atoms with Crippen molar-refractivity contribution in [2.24, 2.45) is 11.8 Å². The van der Waals surface area contributed by atoms with Crippen molar-refractivity contribution in [1.29, 1.82) is 10.7 Å². The van der Waals surface area contributed by atoms with Crippen molar-refractivity contribution >= 4 is 33.8 Å². The van der Waals surface area contributed by atoms with Gasteiger partial charge in [-0.3, -0.25) is 15.0 Å². The van der Waals surface area contributed by atoms with Crippen LogP contribution in [0.25, 0.3) is 0 Å². The lowest BCUT2D eigenvalue weighted by molar-refractivity contribution is -0.148. The fraction of sp³-hybridized carbons (Fsp3) is 0.412. The summed E-state index contributed by atoms with van der Waals surface area (Å²) in [4.78, 5) is 24.1. The lowest BCUT2D eigenvalue weighted by Gasteiger charge is -2.34. The number of esters is 1. The lowest BCUT2D eigenvalue weighted by Crippen LogP contribution is -2.42. The standard InChI is InChI=1S/C17H17BrN2O5/c1-3-8-10(18)5-6-11-12(8)13(9(7-19)17(23)24-4-2)14(16(21)22)15(20)25-11/h5-6,9,13-14,20H,3-4H2,1-2H3,(H,21,22). The molecule has 3 atom stereocenters. The molecule has 0 aliphatic carbocycles. The number of rotatable bonds is 5. The highest BCUT2D eigenvalue weighted by Crippen LogP contribution is 2.46. The summed E-state index contributed by atoms with van der Waals surface area (Å²) in [7, 11) is 0. The molecule has 3 unspecified atom stereocenters. The van der Waals surface area contributed by atoms with Gasteiger partial charge in [0, 0.05) is 16.0 Å². The van der Waals surface area contributed by atoms with Crippen molar-refractivity contribution in [3.05, 3.63) is 27.7 Å². The molecule has 1 aliphatic heterocycles. The van der Waals surface area contributed by atoms with Crippen LogP contribution in [0.2, 0.25) is 0 Å². The van der Waals surface area contributed by atoms with Crippen LogP contribution in [0.4, 0.5) is 0 Å². The third-order valence-corrected chi connectivity index (χ3v) is 4.86. The lowest BCUT2D eigenvalue weighted by atomic mass is 9.73. The molecule has 0 fully saturated rings. The van der Waals surface area contributed by atoms with Crippen LogP contribution < -0.4 is 4.74 Å². The summed E-state index contributed by atoms with van der Waals surface area (Å²) in [6.07, 6.45) is 0.532. The summed E-state index contributed by atoms with van der Waals surface area (Å²) in [5.74, 6) is -6.21. The Labute approximate surface area is 153 Å². The highest BCUT2D eigenvalue weighted by atomic mass is 79.9. The first-order valence-electron chi connectivity index (χ1n) is 7.73. The second-order valence-electron chi connectivity index (χ2n) is 5.46. The van der Waals surface area contributed by atoms with Crippen LogP contribution in [-0.2, 0) is 20.7 Å². The van der Waals surface area contributed by atoms with Crippen LogP contribution in [0, 0.1) is 28.6 Å². The molecule has 1 aromatic carbocycles. The third-order valence-electron chi connectivity index (χ3n) is 4.11. The van der Waals surface area contributed by atoms with E-state index >= 15 is 0 Å². The highest BCUT2D eigenvalue weighted by Gasteiger charge is 2.48. The molecular formula is C17H17BrN2O5. The van der Waals surface area contributed by atoms with E-state index < -0.39 is 35.6 Å². The summed E-state index contributed by atoms with van der Waals surface area (Å²) in [5.41, 5.74) is 1.20. The predicted octanol–water partition coefficient (Wildman–Crippen LogP) is 2.87. The summed E-state index contributed by atoms with van der Waals surface area (Å²) in [6, 6.07) is 5.19.